The molecule has 0 unspecified atom stereocenters. The highest BCUT2D eigenvalue weighted by Gasteiger charge is 2.08. The number of halogens is 1. The number of carbonyl (C=O) groups excluding carboxylic acids is 1. The largest absolute Gasteiger partial charge is 0.497 e. The number of carbonyl (C=O) groups is 1. The molecule has 132 valence electrons. The highest BCUT2D eigenvalue weighted by atomic mass is 35.5. The lowest BCUT2D eigenvalue weighted by Crippen LogP contribution is -2.24. The third-order valence-corrected chi connectivity index (χ3v) is 3.88. The molecule has 0 saturated heterocycles. The Bertz CT molecular complexity index is 866. The fraction of sp³-hybridized carbons (Fsp3) is 0.105. The van der Waals surface area contributed by atoms with Crippen molar-refractivity contribution in [3.8, 4) is 5.75 Å². The second-order valence-electron chi connectivity index (χ2n) is 5.47. The molecule has 0 spiro atoms. The number of hydrogen-bond acceptors (Lipinski definition) is 5. The van der Waals surface area contributed by atoms with Crippen LogP contribution in [0.3, 0.4) is 0 Å². The van der Waals surface area contributed by atoms with E-state index in [0.717, 1.165) is 17.0 Å². The van der Waals surface area contributed by atoms with Gasteiger partial charge in [-0.15, -0.1) is 10.2 Å². The number of nitrogens with zero attached hydrogens (tertiary/aromatic N) is 2. The summed E-state index contributed by atoms with van der Waals surface area (Å²) in [6.45, 7) is 0.392. The van der Waals surface area contributed by atoms with Crippen molar-refractivity contribution in [2.24, 2.45) is 0 Å². The first-order chi connectivity index (χ1) is 12.6. The molecule has 1 heterocycles. The number of nitrogens with one attached hydrogen (secondary N) is 2. The van der Waals surface area contributed by atoms with E-state index in [1.54, 1.807) is 31.4 Å². The predicted molar refractivity (Wildman–Crippen MR) is 101 cm³/mol. The molecular weight excluding hydrogens is 352 g/mol. The average molecular weight is 369 g/mol. The van der Waals surface area contributed by atoms with E-state index in [1.165, 1.54) is 0 Å². The van der Waals surface area contributed by atoms with Gasteiger partial charge in [-0.2, -0.15) is 0 Å². The summed E-state index contributed by atoms with van der Waals surface area (Å²) < 4.78 is 5.12. The van der Waals surface area contributed by atoms with E-state index in [4.69, 9.17) is 16.3 Å². The van der Waals surface area contributed by atoms with Crippen molar-refractivity contribution >= 4 is 29.0 Å². The Kier molecular flexibility index (Phi) is 5.66. The van der Waals surface area contributed by atoms with Crippen LogP contribution >= 0.6 is 11.6 Å². The first kappa shape index (κ1) is 17.7. The highest BCUT2D eigenvalue weighted by Crippen LogP contribution is 2.18. The number of benzene rings is 2. The summed E-state index contributed by atoms with van der Waals surface area (Å²) >= 11 is 5.84. The molecule has 0 bridgehead atoms. The zero-order chi connectivity index (χ0) is 18.4. The van der Waals surface area contributed by atoms with Gasteiger partial charge >= 0.3 is 0 Å². The van der Waals surface area contributed by atoms with Gasteiger partial charge in [0.05, 0.1) is 7.11 Å². The minimum atomic E-state index is -0.288. The van der Waals surface area contributed by atoms with Crippen molar-refractivity contribution < 1.29 is 9.53 Å². The molecule has 2 N–H and O–H groups in total. The number of aromatic nitrogens is 2. The average Bonchev–Trinajstić information content (AvgIpc) is 2.68. The number of amides is 1. The van der Waals surface area contributed by atoms with E-state index in [9.17, 15) is 4.79 Å². The Balaban J connectivity index is 1.57. The van der Waals surface area contributed by atoms with Crippen molar-refractivity contribution in [2.75, 3.05) is 12.4 Å². The zero-order valence-corrected chi connectivity index (χ0v) is 14.8. The van der Waals surface area contributed by atoms with Crippen LogP contribution in [-0.2, 0) is 6.54 Å². The van der Waals surface area contributed by atoms with Gasteiger partial charge in [-0.3, -0.25) is 4.79 Å². The molecule has 1 amide bonds. The van der Waals surface area contributed by atoms with Crippen molar-refractivity contribution in [1.29, 1.82) is 0 Å². The van der Waals surface area contributed by atoms with E-state index in [2.05, 4.69) is 20.8 Å². The van der Waals surface area contributed by atoms with Gasteiger partial charge in [-0.05, 0) is 54.1 Å². The molecule has 0 radical (unpaired) electrons. The smallest absolute Gasteiger partial charge is 0.272 e. The first-order valence-electron chi connectivity index (χ1n) is 7.91. The maximum absolute atomic E-state index is 12.2. The van der Waals surface area contributed by atoms with Crippen LogP contribution in [0, 0.1) is 0 Å². The van der Waals surface area contributed by atoms with Gasteiger partial charge in [0, 0.05) is 17.3 Å². The fourth-order valence-electron chi connectivity index (χ4n) is 2.22. The van der Waals surface area contributed by atoms with Gasteiger partial charge < -0.3 is 15.4 Å². The van der Waals surface area contributed by atoms with Crippen molar-refractivity contribution in [3.63, 3.8) is 0 Å². The van der Waals surface area contributed by atoms with E-state index >= 15 is 0 Å². The van der Waals surface area contributed by atoms with Crippen LogP contribution in [-0.4, -0.2) is 23.2 Å². The van der Waals surface area contributed by atoms with E-state index < -0.39 is 0 Å². The van der Waals surface area contributed by atoms with Crippen molar-refractivity contribution in [3.05, 3.63) is 76.9 Å². The number of anilines is 2. The molecular formula is C19H17ClN4O2. The van der Waals surface area contributed by atoms with Crippen LogP contribution in [0.25, 0.3) is 0 Å². The normalized spacial score (nSPS) is 10.2. The topological polar surface area (TPSA) is 76.1 Å². The molecule has 0 atom stereocenters. The van der Waals surface area contributed by atoms with Gasteiger partial charge in [0.1, 0.15) is 5.75 Å². The Morgan fingerprint density at radius 3 is 2.35 bits per heavy atom. The number of methoxy groups -OCH3 is 1. The maximum atomic E-state index is 12.2. The monoisotopic (exact) mass is 368 g/mol. The maximum Gasteiger partial charge on any atom is 0.272 e. The van der Waals surface area contributed by atoms with Crippen LogP contribution in [0.1, 0.15) is 16.1 Å². The van der Waals surface area contributed by atoms with Crippen molar-refractivity contribution in [1.82, 2.24) is 15.5 Å². The molecule has 0 fully saturated rings. The summed E-state index contributed by atoms with van der Waals surface area (Å²) in [6, 6.07) is 18.0. The minimum absolute atomic E-state index is 0.249. The van der Waals surface area contributed by atoms with Crippen LogP contribution in [0.2, 0.25) is 5.02 Å². The van der Waals surface area contributed by atoms with Gasteiger partial charge in [-0.25, -0.2) is 0 Å². The summed E-state index contributed by atoms with van der Waals surface area (Å²) in [4.78, 5) is 12.2. The van der Waals surface area contributed by atoms with Crippen LogP contribution in [0.15, 0.2) is 60.7 Å². The SMILES string of the molecule is COc1ccc(Nc2ccc(C(=O)NCc3ccc(Cl)cc3)nn2)cc1. The Labute approximate surface area is 156 Å². The van der Waals surface area contributed by atoms with Crippen LogP contribution in [0.4, 0.5) is 11.5 Å². The van der Waals surface area contributed by atoms with Gasteiger partial charge in [0.15, 0.2) is 11.5 Å². The lowest BCUT2D eigenvalue weighted by molar-refractivity contribution is 0.0945. The molecule has 26 heavy (non-hydrogen) atoms. The number of ether oxygens (including phenoxy) is 1. The Hall–Kier alpha value is -3.12. The summed E-state index contributed by atoms with van der Waals surface area (Å²) in [5, 5.41) is 14.6. The minimum Gasteiger partial charge on any atom is -0.497 e. The van der Waals surface area contributed by atoms with E-state index in [0.29, 0.717) is 17.4 Å². The molecule has 2 aromatic carbocycles. The van der Waals surface area contributed by atoms with Crippen LogP contribution in [0.5, 0.6) is 5.75 Å². The molecule has 0 aliphatic carbocycles. The molecule has 6 nitrogen and oxygen atoms in total. The number of hydrogen-bond donors (Lipinski definition) is 2. The molecule has 7 heteroatoms. The Morgan fingerprint density at radius 1 is 1.00 bits per heavy atom. The van der Waals surface area contributed by atoms with Gasteiger partial charge in [-0.1, -0.05) is 23.7 Å². The molecule has 0 saturated carbocycles. The second kappa shape index (κ2) is 8.31. The molecule has 1 aromatic heterocycles. The van der Waals surface area contributed by atoms with Crippen molar-refractivity contribution in [2.45, 2.75) is 6.54 Å². The first-order valence-corrected chi connectivity index (χ1v) is 8.29. The zero-order valence-electron chi connectivity index (χ0n) is 14.1. The van der Waals surface area contributed by atoms with E-state index in [-0.39, 0.29) is 11.6 Å². The Morgan fingerprint density at radius 2 is 1.73 bits per heavy atom. The summed E-state index contributed by atoms with van der Waals surface area (Å²) in [5.74, 6) is 1.03. The lowest BCUT2D eigenvalue weighted by atomic mass is 10.2. The lowest BCUT2D eigenvalue weighted by Gasteiger charge is -2.07. The highest BCUT2D eigenvalue weighted by molar-refractivity contribution is 6.30. The van der Waals surface area contributed by atoms with Gasteiger partial charge in [0.2, 0.25) is 0 Å². The molecule has 3 rings (SSSR count). The van der Waals surface area contributed by atoms with E-state index in [1.807, 2.05) is 36.4 Å². The standard InChI is InChI=1S/C19H17ClN4O2/c1-26-16-8-6-15(7-9-16)22-18-11-10-17(23-24-18)19(25)21-12-13-2-4-14(20)5-3-13/h2-11H,12H2,1H3,(H,21,25)(H,22,24). The quantitative estimate of drug-likeness (QED) is 0.691. The summed E-state index contributed by atoms with van der Waals surface area (Å²) in [7, 11) is 1.62. The summed E-state index contributed by atoms with van der Waals surface area (Å²) in [5.41, 5.74) is 2.05. The fourth-order valence-corrected chi connectivity index (χ4v) is 2.34. The molecule has 0 aliphatic rings. The molecule has 3 aromatic rings. The van der Waals surface area contributed by atoms with Crippen LogP contribution < -0.4 is 15.4 Å². The summed E-state index contributed by atoms with van der Waals surface area (Å²) in [6.07, 6.45) is 0. The molecule has 0 aliphatic heterocycles. The van der Waals surface area contributed by atoms with Gasteiger partial charge in [0.25, 0.3) is 5.91 Å². The predicted octanol–water partition coefficient (Wildman–Crippen LogP) is 3.81. The number of rotatable bonds is 6. The second-order valence-corrected chi connectivity index (χ2v) is 5.90. The third-order valence-electron chi connectivity index (χ3n) is 3.63. The third kappa shape index (κ3) is 4.70.